The van der Waals surface area contributed by atoms with Crippen LogP contribution < -0.4 is 5.63 Å². The van der Waals surface area contributed by atoms with E-state index < -0.39 is 5.97 Å². The molecule has 0 spiro atoms. The van der Waals surface area contributed by atoms with E-state index in [9.17, 15) is 14.7 Å². The molecular weight excluding hydrogens is 564 g/mol. The van der Waals surface area contributed by atoms with E-state index in [0.29, 0.717) is 18.1 Å². The number of aromatic hydroxyl groups is 1. The highest BCUT2D eigenvalue weighted by molar-refractivity contribution is 5.92. The Kier molecular flexibility index (Phi) is 20.9. The number of fused-ring (bicyclic) bond motifs is 1. The maximum Gasteiger partial charge on any atom is 0.342 e. The second kappa shape index (κ2) is 24.2. The van der Waals surface area contributed by atoms with Crippen LogP contribution in [0.2, 0.25) is 0 Å². The fourth-order valence-electron chi connectivity index (χ4n) is 3.91. The zero-order valence-corrected chi connectivity index (χ0v) is 27.4. The van der Waals surface area contributed by atoms with Crippen molar-refractivity contribution in [3.8, 4) is 5.75 Å². The number of carbonyl (C=O) groups is 1. The van der Waals surface area contributed by atoms with E-state index in [4.69, 9.17) is 14.3 Å². The van der Waals surface area contributed by atoms with Gasteiger partial charge in [-0.15, -0.1) is 0 Å². The zero-order valence-electron chi connectivity index (χ0n) is 27.4. The minimum absolute atomic E-state index is 0.0643. The third kappa shape index (κ3) is 18.3. The summed E-state index contributed by atoms with van der Waals surface area (Å²) in [5.74, 6) is 0.0770. The predicted molar refractivity (Wildman–Crippen MR) is 185 cm³/mol. The molecule has 0 aliphatic heterocycles. The van der Waals surface area contributed by atoms with Crippen LogP contribution in [-0.2, 0) is 11.3 Å². The summed E-state index contributed by atoms with van der Waals surface area (Å²) in [6, 6.07) is 26.3. The maximum absolute atomic E-state index is 11.7. The average molecular weight is 616 g/mol. The van der Waals surface area contributed by atoms with Crippen molar-refractivity contribution in [3.63, 3.8) is 0 Å². The molecule has 1 atom stereocenters. The van der Waals surface area contributed by atoms with E-state index in [1.807, 2.05) is 48.5 Å². The number of unbranched alkanes of at least 4 members (excludes halogenated alkanes) is 3. The molecule has 243 valence electrons. The van der Waals surface area contributed by atoms with Crippen molar-refractivity contribution in [2.45, 2.75) is 79.2 Å². The minimum atomic E-state index is -0.521. The summed E-state index contributed by atoms with van der Waals surface area (Å²) in [5, 5.41) is 19.1. The lowest BCUT2D eigenvalue weighted by Gasteiger charge is -2.06. The molecule has 0 saturated heterocycles. The summed E-state index contributed by atoms with van der Waals surface area (Å²) in [7, 11) is 0. The van der Waals surface area contributed by atoms with Crippen molar-refractivity contribution in [1.82, 2.24) is 0 Å². The Balaban J connectivity index is 0.000000319. The van der Waals surface area contributed by atoms with Crippen molar-refractivity contribution >= 4 is 16.9 Å². The average Bonchev–Trinajstić information content (AvgIpc) is 3.04. The Morgan fingerprint density at radius 3 is 2.20 bits per heavy atom. The number of ether oxygens (including phenoxy) is 1. The molecule has 45 heavy (non-hydrogen) atoms. The van der Waals surface area contributed by atoms with Gasteiger partial charge in [0.05, 0.1) is 0 Å². The van der Waals surface area contributed by atoms with Gasteiger partial charge in [0.1, 0.15) is 23.5 Å². The number of allylic oxidation sites excluding steroid dienone is 2. The lowest BCUT2D eigenvalue weighted by atomic mass is 10.0. The van der Waals surface area contributed by atoms with Crippen LogP contribution in [0.3, 0.4) is 0 Å². The van der Waals surface area contributed by atoms with Crippen LogP contribution in [0.1, 0.15) is 88.6 Å². The van der Waals surface area contributed by atoms with Gasteiger partial charge >= 0.3 is 11.6 Å². The van der Waals surface area contributed by atoms with Gasteiger partial charge in [-0.2, -0.15) is 0 Å². The SMILES string of the molecule is CC(C)=CCCC(C)CCO.O=C(OCc1ccccc1)c1ccccc1O.O=c1ccc2ccccc2o1.[CH2]CCCCC. The van der Waals surface area contributed by atoms with Gasteiger partial charge in [0.25, 0.3) is 0 Å². The highest BCUT2D eigenvalue weighted by Crippen LogP contribution is 2.17. The first-order valence-electron chi connectivity index (χ1n) is 15.7. The quantitative estimate of drug-likeness (QED) is 0.0755. The van der Waals surface area contributed by atoms with E-state index in [1.54, 1.807) is 24.3 Å². The Bertz CT molecular complexity index is 1420. The Hall–Kier alpha value is -4.16. The summed E-state index contributed by atoms with van der Waals surface area (Å²) in [6.07, 6.45) is 10.6. The first-order chi connectivity index (χ1) is 21.7. The molecule has 6 nitrogen and oxygen atoms in total. The molecular formula is C39H51O6. The smallest absolute Gasteiger partial charge is 0.342 e. The molecule has 3 aromatic carbocycles. The second-order valence-corrected chi connectivity index (χ2v) is 10.9. The van der Waals surface area contributed by atoms with Crippen LogP contribution >= 0.6 is 0 Å². The summed E-state index contributed by atoms with van der Waals surface area (Å²) < 4.78 is 10.0. The number of benzene rings is 3. The van der Waals surface area contributed by atoms with E-state index in [1.165, 1.54) is 49.5 Å². The summed E-state index contributed by atoms with van der Waals surface area (Å²) in [6.45, 7) is 12.9. The van der Waals surface area contributed by atoms with Crippen LogP contribution in [0.5, 0.6) is 5.75 Å². The fraction of sp³-hybridized carbons (Fsp3) is 0.359. The van der Waals surface area contributed by atoms with Gasteiger partial charge in [-0.25, -0.2) is 9.59 Å². The van der Waals surface area contributed by atoms with Crippen molar-refractivity contribution < 1.29 is 24.2 Å². The van der Waals surface area contributed by atoms with Crippen LogP contribution in [0.25, 0.3) is 11.0 Å². The van der Waals surface area contributed by atoms with E-state index in [0.717, 1.165) is 30.2 Å². The highest BCUT2D eigenvalue weighted by atomic mass is 16.5. The molecule has 0 bridgehead atoms. The van der Waals surface area contributed by atoms with Crippen LogP contribution in [0, 0.1) is 12.8 Å². The van der Waals surface area contributed by atoms with Gasteiger partial charge in [-0.1, -0.05) is 119 Å². The molecule has 0 aliphatic carbocycles. The van der Waals surface area contributed by atoms with E-state index >= 15 is 0 Å². The summed E-state index contributed by atoms with van der Waals surface area (Å²) in [5.41, 5.74) is 2.82. The molecule has 0 saturated carbocycles. The van der Waals surface area contributed by atoms with Gasteiger partial charge in [0.2, 0.25) is 0 Å². The lowest BCUT2D eigenvalue weighted by Crippen LogP contribution is -2.05. The molecule has 1 heterocycles. The minimum Gasteiger partial charge on any atom is -0.507 e. The van der Waals surface area contributed by atoms with Gasteiger partial charge < -0.3 is 19.4 Å². The Morgan fingerprint density at radius 1 is 0.911 bits per heavy atom. The molecule has 2 N–H and O–H groups in total. The van der Waals surface area contributed by atoms with Gasteiger partial charge in [-0.05, 0) is 68.9 Å². The highest BCUT2D eigenvalue weighted by Gasteiger charge is 2.11. The van der Waals surface area contributed by atoms with Crippen LogP contribution in [0.4, 0.5) is 0 Å². The molecule has 1 radical (unpaired) electrons. The number of carbonyl (C=O) groups excluding carboxylic acids is 1. The van der Waals surface area contributed by atoms with Crippen molar-refractivity contribution in [2.75, 3.05) is 6.61 Å². The molecule has 0 fully saturated rings. The third-order valence-electron chi connectivity index (χ3n) is 6.55. The number of phenols is 1. The lowest BCUT2D eigenvalue weighted by molar-refractivity contribution is 0.0469. The number of esters is 1. The number of rotatable bonds is 11. The van der Waals surface area contributed by atoms with E-state index in [-0.39, 0.29) is 23.5 Å². The van der Waals surface area contributed by atoms with Crippen molar-refractivity contribution in [1.29, 1.82) is 0 Å². The second-order valence-electron chi connectivity index (χ2n) is 10.9. The molecule has 4 rings (SSSR count). The number of aliphatic hydroxyl groups excluding tert-OH is 1. The zero-order chi connectivity index (χ0) is 33.3. The monoisotopic (exact) mass is 615 g/mol. The molecule has 0 amide bonds. The normalized spacial score (nSPS) is 10.5. The third-order valence-corrected chi connectivity index (χ3v) is 6.55. The standard InChI is InChI=1S/C14H12O3.C10H20O.C9H6O2.C6H13/c15-13-9-5-4-8-12(13)14(16)17-10-11-6-2-1-3-7-11;1-9(2)5-4-6-10(3)7-8-11;10-9-6-5-7-3-1-2-4-8(7)11-9;1-3-5-6-4-2/h1-9,15H,10H2;5,10-11H,4,6-8H2,1-3H3;1-6H;1,3-6H2,2H3. The number of hydrogen-bond donors (Lipinski definition) is 2. The summed E-state index contributed by atoms with van der Waals surface area (Å²) >= 11 is 0. The van der Waals surface area contributed by atoms with Crippen LogP contribution in [0.15, 0.2) is 112 Å². The predicted octanol–water partition coefficient (Wildman–Crippen LogP) is 9.69. The topological polar surface area (TPSA) is 97.0 Å². The largest absolute Gasteiger partial charge is 0.507 e. The molecule has 6 heteroatoms. The number of para-hydroxylation sites is 2. The Morgan fingerprint density at radius 2 is 1.58 bits per heavy atom. The summed E-state index contributed by atoms with van der Waals surface area (Å²) in [4.78, 5) is 22.4. The number of hydrogen-bond acceptors (Lipinski definition) is 6. The maximum atomic E-state index is 11.7. The van der Waals surface area contributed by atoms with Crippen molar-refractivity contribution in [2.24, 2.45) is 5.92 Å². The molecule has 1 unspecified atom stereocenters. The number of aliphatic hydroxyl groups is 1. The van der Waals surface area contributed by atoms with Gasteiger partial charge in [-0.3, -0.25) is 0 Å². The first kappa shape index (κ1) is 38.9. The Labute approximate surface area is 269 Å². The van der Waals surface area contributed by atoms with Gasteiger partial charge in [0, 0.05) is 18.1 Å². The van der Waals surface area contributed by atoms with Gasteiger partial charge in [0.15, 0.2) is 0 Å². The van der Waals surface area contributed by atoms with E-state index in [2.05, 4.69) is 40.7 Å². The molecule has 1 aromatic heterocycles. The van der Waals surface area contributed by atoms with Crippen molar-refractivity contribution in [3.05, 3.63) is 131 Å². The van der Waals surface area contributed by atoms with Crippen LogP contribution in [-0.4, -0.2) is 22.8 Å². The number of phenolic OH excluding ortho intramolecular Hbond substituents is 1. The molecule has 0 aliphatic rings. The first-order valence-corrected chi connectivity index (χ1v) is 15.7. The molecule has 4 aromatic rings. The fourth-order valence-corrected chi connectivity index (χ4v) is 3.91.